The highest BCUT2D eigenvalue weighted by Gasteiger charge is 2.29. The van der Waals surface area contributed by atoms with E-state index in [-0.39, 0.29) is 17.8 Å². The van der Waals surface area contributed by atoms with Crippen LogP contribution in [0.1, 0.15) is 29.8 Å². The van der Waals surface area contributed by atoms with Crippen molar-refractivity contribution in [3.05, 3.63) is 23.3 Å². The standard InChI is InChI=1S/C13H20N2O4S/c1-8-5-9(6-10(11(8)14)12(16)17)15-7-13(2,3)20(4,18)19/h5-6,15H,7,14H2,1-4H3,(H,16,17). The summed E-state index contributed by atoms with van der Waals surface area (Å²) in [6.07, 6.45) is 1.17. The van der Waals surface area contributed by atoms with Crippen LogP contribution < -0.4 is 11.1 Å². The first-order chi connectivity index (χ1) is 8.95. The van der Waals surface area contributed by atoms with Crippen LogP contribution in [0.3, 0.4) is 0 Å². The normalized spacial score (nSPS) is 12.2. The summed E-state index contributed by atoms with van der Waals surface area (Å²) in [5, 5.41) is 12.0. The van der Waals surface area contributed by atoms with E-state index in [0.29, 0.717) is 11.3 Å². The lowest BCUT2D eigenvalue weighted by Crippen LogP contribution is -2.38. The van der Waals surface area contributed by atoms with Crippen LogP contribution in [0.15, 0.2) is 12.1 Å². The SMILES string of the molecule is Cc1cc(NCC(C)(C)S(C)(=O)=O)cc(C(=O)O)c1N. The number of carboxylic acids is 1. The number of nitrogens with one attached hydrogen (secondary N) is 1. The summed E-state index contributed by atoms with van der Waals surface area (Å²) in [4.78, 5) is 11.1. The van der Waals surface area contributed by atoms with Crippen molar-refractivity contribution in [2.75, 3.05) is 23.9 Å². The van der Waals surface area contributed by atoms with Gasteiger partial charge < -0.3 is 16.2 Å². The second-order valence-corrected chi connectivity index (χ2v) is 8.09. The molecule has 0 fully saturated rings. The first kappa shape index (κ1) is 16.3. The van der Waals surface area contributed by atoms with Gasteiger partial charge in [0.05, 0.1) is 10.3 Å². The molecule has 0 saturated heterocycles. The summed E-state index contributed by atoms with van der Waals surface area (Å²) in [5.41, 5.74) is 7.08. The molecule has 20 heavy (non-hydrogen) atoms. The summed E-state index contributed by atoms with van der Waals surface area (Å²) < 4.78 is 22.3. The molecule has 0 saturated carbocycles. The molecule has 112 valence electrons. The topological polar surface area (TPSA) is 109 Å². The number of hydrogen-bond acceptors (Lipinski definition) is 5. The fourth-order valence-corrected chi connectivity index (χ4v) is 1.86. The molecule has 0 aliphatic heterocycles. The van der Waals surface area contributed by atoms with Crippen molar-refractivity contribution in [2.24, 2.45) is 0 Å². The van der Waals surface area contributed by atoms with E-state index < -0.39 is 20.6 Å². The summed E-state index contributed by atoms with van der Waals surface area (Å²) in [7, 11) is -3.22. The van der Waals surface area contributed by atoms with Gasteiger partial charge in [-0.2, -0.15) is 0 Å². The first-order valence-electron chi connectivity index (χ1n) is 6.02. The van der Waals surface area contributed by atoms with Crippen molar-refractivity contribution in [3.8, 4) is 0 Å². The number of carboxylic acid groups (broad SMARTS) is 1. The maximum Gasteiger partial charge on any atom is 0.337 e. The largest absolute Gasteiger partial charge is 0.478 e. The number of nitrogens with two attached hydrogens (primary N) is 1. The minimum absolute atomic E-state index is 0.00432. The molecule has 0 unspecified atom stereocenters. The number of aromatic carboxylic acids is 1. The molecule has 6 nitrogen and oxygen atoms in total. The molecule has 4 N–H and O–H groups in total. The highest BCUT2D eigenvalue weighted by molar-refractivity contribution is 7.92. The van der Waals surface area contributed by atoms with Crippen molar-refractivity contribution in [1.82, 2.24) is 0 Å². The monoisotopic (exact) mass is 300 g/mol. The molecular formula is C13H20N2O4S. The fourth-order valence-electron chi connectivity index (χ4n) is 1.52. The zero-order valence-corrected chi connectivity index (χ0v) is 12.8. The second kappa shape index (κ2) is 5.32. The number of hydrogen-bond donors (Lipinski definition) is 3. The summed E-state index contributed by atoms with van der Waals surface area (Å²) in [6, 6.07) is 3.10. The van der Waals surface area contributed by atoms with E-state index in [1.54, 1.807) is 26.8 Å². The molecule has 0 radical (unpaired) electrons. The predicted molar refractivity (Wildman–Crippen MR) is 80.0 cm³/mol. The molecule has 0 heterocycles. The van der Waals surface area contributed by atoms with Crippen LogP contribution in [0.25, 0.3) is 0 Å². The van der Waals surface area contributed by atoms with Crippen molar-refractivity contribution in [1.29, 1.82) is 0 Å². The Morgan fingerprint density at radius 2 is 1.95 bits per heavy atom. The highest BCUT2D eigenvalue weighted by atomic mass is 32.2. The van der Waals surface area contributed by atoms with Crippen molar-refractivity contribution < 1.29 is 18.3 Å². The number of carbonyl (C=O) groups is 1. The number of nitrogen functional groups attached to an aromatic ring is 1. The van der Waals surface area contributed by atoms with Crippen LogP contribution in [0, 0.1) is 6.92 Å². The molecule has 0 aliphatic carbocycles. The van der Waals surface area contributed by atoms with Crippen molar-refractivity contribution in [3.63, 3.8) is 0 Å². The van der Waals surface area contributed by atoms with Gasteiger partial charge in [-0.15, -0.1) is 0 Å². The predicted octanol–water partition coefficient (Wildman–Crippen LogP) is 1.51. The lowest BCUT2D eigenvalue weighted by Gasteiger charge is -2.23. The van der Waals surface area contributed by atoms with E-state index in [2.05, 4.69) is 5.32 Å². The lowest BCUT2D eigenvalue weighted by atomic mass is 10.1. The van der Waals surface area contributed by atoms with E-state index in [1.807, 2.05) is 0 Å². The van der Waals surface area contributed by atoms with E-state index in [9.17, 15) is 13.2 Å². The maximum atomic E-state index is 11.6. The quantitative estimate of drug-likeness (QED) is 0.711. The molecule has 1 aromatic carbocycles. The Morgan fingerprint density at radius 3 is 2.40 bits per heavy atom. The smallest absolute Gasteiger partial charge is 0.337 e. The van der Waals surface area contributed by atoms with Gasteiger partial charge in [0, 0.05) is 24.2 Å². The zero-order valence-electron chi connectivity index (χ0n) is 12.0. The van der Waals surface area contributed by atoms with E-state index in [0.717, 1.165) is 0 Å². The van der Waals surface area contributed by atoms with Gasteiger partial charge in [-0.05, 0) is 38.5 Å². The molecule has 0 aliphatic rings. The van der Waals surface area contributed by atoms with Crippen molar-refractivity contribution >= 4 is 27.2 Å². The van der Waals surface area contributed by atoms with E-state index >= 15 is 0 Å². The summed E-state index contributed by atoms with van der Waals surface area (Å²) in [6.45, 7) is 5.10. The third-order valence-corrected chi connectivity index (χ3v) is 5.49. The van der Waals surface area contributed by atoms with Crippen LogP contribution in [0.2, 0.25) is 0 Å². The van der Waals surface area contributed by atoms with Crippen LogP contribution in [0.5, 0.6) is 0 Å². The molecule has 0 atom stereocenters. The first-order valence-corrected chi connectivity index (χ1v) is 7.92. The molecule has 0 bridgehead atoms. The van der Waals surface area contributed by atoms with Gasteiger partial charge >= 0.3 is 5.97 Å². The third-order valence-electron chi connectivity index (χ3n) is 3.34. The third kappa shape index (κ3) is 3.41. The molecule has 0 spiro atoms. The van der Waals surface area contributed by atoms with Gasteiger partial charge in [0.2, 0.25) is 0 Å². The maximum absolute atomic E-state index is 11.6. The summed E-state index contributed by atoms with van der Waals surface area (Å²) >= 11 is 0. The molecule has 1 aromatic rings. The number of aryl methyl sites for hydroxylation is 1. The number of rotatable bonds is 5. The fraction of sp³-hybridized carbons (Fsp3) is 0.462. The van der Waals surface area contributed by atoms with Gasteiger partial charge in [0.1, 0.15) is 0 Å². The highest BCUT2D eigenvalue weighted by Crippen LogP contribution is 2.24. The Bertz CT molecular complexity index is 636. The van der Waals surface area contributed by atoms with E-state index in [4.69, 9.17) is 10.8 Å². The van der Waals surface area contributed by atoms with Crippen molar-refractivity contribution in [2.45, 2.75) is 25.5 Å². The zero-order chi connectivity index (χ0) is 15.7. The van der Waals surface area contributed by atoms with Gasteiger partial charge in [-0.1, -0.05) is 0 Å². The minimum atomic E-state index is -3.22. The average molecular weight is 300 g/mol. The molecule has 7 heteroatoms. The molecule has 0 amide bonds. The lowest BCUT2D eigenvalue weighted by molar-refractivity contribution is 0.0698. The molecule has 0 aromatic heterocycles. The Balaban J connectivity index is 3.04. The molecule has 1 rings (SSSR count). The Labute approximate surface area is 118 Å². The summed E-state index contributed by atoms with van der Waals surface area (Å²) in [5.74, 6) is -1.11. The Kier molecular flexibility index (Phi) is 4.33. The Morgan fingerprint density at radius 1 is 1.40 bits per heavy atom. The van der Waals surface area contributed by atoms with Crippen LogP contribution in [-0.2, 0) is 9.84 Å². The van der Waals surface area contributed by atoms with Crippen LogP contribution in [-0.4, -0.2) is 37.0 Å². The van der Waals surface area contributed by atoms with Gasteiger partial charge in [-0.3, -0.25) is 0 Å². The Hall–Kier alpha value is -1.76. The van der Waals surface area contributed by atoms with E-state index in [1.165, 1.54) is 12.3 Å². The number of benzene rings is 1. The number of sulfone groups is 1. The van der Waals surface area contributed by atoms with Crippen LogP contribution in [0.4, 0.5) is 11.4 Å². The van der Waals surface area contributed by atoms with Gasteiger partial charge in [0.25, 0.3) is 0 Å². The average Bonchev–Trinajstić information content (AvgIpc) is 2.28. The van der Waals surface area contributed by atoms with Gasteiger partial charge in [0.15, 0.2) is 9.84 Å². The number of anilines is 2. The molecular weight excluding hydrogens is 280 g/mol. The second-order valence-electron chi connectivity index (χ2n) is 5.44. The van der Waals surface area contributed by atoms with Gasteiger partial charge in [-0.25, -0.2) is 13.2 Å². The van der Waals surface area contributed by atoms with Crippen LogP contribution >= 0.6 is 0 Å². The minimum Gasteiger partial charge on any atom is -0.478 e.